The van der Waals surface area contributed by atoms with Gasteiger partial charge in [-0.25, -0.2) is 9.97 Å². The van der Waals surface area contributed by atoms with Crippen molar-refractivity contribution in [2.24, 2.45) is 11.3 Å². The number of aromatic nitrogens is 2. The van der Waals surface area contributed by atoms with Crippen molar-refractivity contribution in [3.63, 3.8) is 0 Å². The van der Waals surface area contributed by atoms with Crippen LogP contribution in [-0.2, 0) is 4.74 Å². The molecule has 150 valence electrons. The molecule has 7 heteroatoms. The van der Waals surface area contributed by atoms with Crippen LogP contribution < -0.4 is 5.32 Å². The number of carbonyl (C=O) groups is 1. The Bertz CT molecular complexity index is 919. The Morgan fingerprint density at radius 2 is 2.07 bits per heavy atom. The van der Waals surface area contributed by atoms with Crippen LogP contribution in [0.4, 0.5) is 5.95 Å². The van der Waals surface area contributed by atoms with E-state index in [0.717, 1.165) is 43.9 Å². The second-order valence-electron chi connectivity index (χ2n) is 7.93. The van der Waals surface area contributed by atoms with E-state index in [0.29, 0.717) is 24.7 Å². The Labute approximate surface area is 170 Å². The van der Waals surface area contributed by atoms with Gasteiger partial charge in [0.05, 0.1) is 0 Å². The first-order valence-electron chi connectivity index (χ1n) is 10.0. The first kappa shape index (κ1) is 19.3. The van der Waals surface area contributed by atoms with Crippen molar-refractivity contribution in [1.29, 1.82) is 5.26 Å². The minimum absolute atomic E-state index is 0.0393. The molecule has 1 aromatic carbocycles. The number of likely N-dealkylation sites (tertiary alicyclic amines) is 1. The number of carbonyl (C=O) groups excluding carboxylic acids is 1. The van der Waals surface area contributed by atoms with Gasteiger partial charge in [0.25, 0.3) is 5.91 Å². The van der Waals surface area contributed by atoms with E-state index in [1.807, 2.05) is 42.2 Å². The van der Waals surface area contributed by atoms with Gasteiger partial charge in [-0.3, -0.25) is 4.79 Å². The minimum Gasteiger partial charge on any atom is -0.381 e. The van der Waals surface area contributed by atoms with Crippen LogP contribution in [0.2, 0.25) is 0 Å². The molecule has 2 fully saturated rings. The second-order valence-corrected chi connectivity index (χ2v) is 7.93. The Morgan fingerprint density at radius 1 is 1.31 bits per heavy atom. The Hall–Kier alpha value is -2.98. The van der Waals surface area contributed by atoms with Gasteiger partial charge in [0.1, 0.15) is 11.8 Å². The highest BCUT2D eigenvalue weighted by atomic mass is 16.5. The number of hydrogen-bond donors (Lipinski definition) is 1. The maximum atomic E-state index is 13.0. The Balaban J connectivity index is 1.52. The first-order valence-corrected chi connectivity index (χ1v) is 10.0. The number of nitrogens with zero attached hydrogens (tertiary/aromatic N) is 4. The number of rotatable bonds is 4. The topological polar surface area (TPSA) is 91.1 Å². The summed E-state index contributed by atoms with van der Waals surface area (Å²) in [5.74, 6) is 0.822. The Kier molecular flexibility index (Phi) is 5.45. The predicted octanol–water partition coefficient (Wildman–Crippen LogP) is 2.64. The summed E-state index contributed by atoms with van der Waals surface area (Å²) in [6.45, 7) is 5.40. The summed E-state index contributed by atoms with van der Waals surface area (Å²) in [7, 11) is 0. The first-order chi connectivity index (χ1) is 14.1. The van der Waals surface area contributed by atoms with Gasteiger partial charge in [0, 0.05) is 50.0 Å². The number of hydrogen-bond acceptors (Lipinski definition) is 6. The molecule has 7 nitrogen and oxygen atoms in total. The van der Waals surface area contributed by atoms with E-state index in [1.54, 1.807) is 6.07 Å². The lowest BCUT2D eigenvalue weighted by Gasteiger charge is -2.38. The molecule has 0 saturated carbocycles. The monoisotopic (exact) mass is 391 g/mol. The Morgan fingerprint density at radius 3 is 2.79 bits per heavy atom. The van der Waals surface area contributed by atoms with Crippen LogP contribution in [-0.4, -0.2) is 53.6 Å². The van der Waals surface area contributed by atoms with Crippen molar-refractivity contribution in [3.8, 4) is 6.07 Å². The third kappa shape index (κ3) is 4.08. The molecule has 1 N–H and O–H groups in total. The zero-order valence-corrected chi connectivity index (χ0v) is 16.6. The number of amides is 1. The van der Waals surface area contributed by atoms with Crippen LogP contribution in [0.1, 0.15) is 34.6 Å². The van der Waals surface area contributed by atoms with E-state index in [-0.39, 0.29) is 17.2 Å². The number of anilines is 1. The number of nitriles is 1. The molecule has 2 saturated heterocycles. The van der Waals surface area contributed by atoms with Gasteiger partial charge >= 0.3 is 0 Å². The van der Waals surface area contributed by atoms with Crippen LogP contribution in [0.5, 0.6) is 0 Å². The molecule has 1 spiro atoms. The highest BCUT2D eigenvalue weighted by molar-refractivity contribution is 5.94. The molecule has 29 heavy (non-hydrogen) atoms. The standard InChI is InChI=1S/C22H25N5O2/c1-16-11-19(12-23)26-21(25-16)24-13-18-14-27(15-22(18)7-9-29-10-8-22)20(28)17-5-3-2-4-6-17/h2-6,11,18H,7-10,13-15H2,1H3,(H,24,25,26). The molecule has 2 aliphatic heterocycles. The molecular weight excluding hydrogens is 366 g/mol. The lowest BCUT2D eigenvalue weighted by molar-refractivity contribution is 0.00205. The molecule has 0 radical (unpaired) electrons. The predicted molar refractivity (Wildman–Crippen MR) is 108 cm³/mol. The molecule has 3 heterocycles. The van der Waals surface area contributed by atoms with Crippen LogP contribution in [0.3, 0.4) is 0 Å². The van der Waals surface area contributed by atoms with E-state index in [1.165, 1.54) is 0 Å². The third-order valence-electron chi connectivity index (χ3n) is 6.08. The van der Waals surface area contributed by atoms with Crippen molar-refractivity contribution >= 4 is 11.9 Å². The zero-order chi connectivity index (χ0) is 20.3. The van der Waals surface area contributed by atoms with Crippen molar-refractivity contribution in [2.75, 3.05) is 38.2 Å². The average Bonchev–Trinajstić information content (AvgIpc) is 3.09. The van der Waals surface area contributed by atoms with Crippen LogP contribution in [0.15, 0.2) is 36.4 Å². The highest BCUT2D eigenvalue weighted by Gasteiger charge is 2.48. The minimum atomic E-state index is 0.0393. The van der Waals surface area contributed by atoms with E-state index >= 15 is 0 Å². The van der Waals surface area contributed by atoms with Crippen molar-refractivity contribution < 1.29 is 9.53 Å². The fraction of sp³-hybridized carbons (Fsp3) is 0.455. The SMILES string of the molecule is Cc1cc(C#N)nc(NCC2CN(C(=O)c3ccccc3)CC23CCOCC3)n1. The number of benzene rings is 1. The smallest absolute Gasteiger partial charge is 0.253 e. The molecule has 2 aliphatic rings. The normalized spacial score (nSPS) is 20.4. The molecule has 1 amide bonds. The lowest BCUT2D eigenvalue weighted by atomic mass is 9.72. The van der Waals surface area contributed by atoms with Crippen LogP contribution in [0, 0.1) is 29.6 Å². The maximum absolute atomic E-state index is 13.0. The summed E-state index contributed by atoms with van der Waals surface area (Å²) in [6, 6.07) is 13.2. The van der Waals surface area contributed by atoms with E-state index in [4.69, 9.17) is 10.00 Å². The van der Waals surface area contributed by atoms with Crippen LogP contribution >= 0.6 is 0 Å². The summed E-state index contributed by atoms with van der Waals surface area (Å²) >= 11 is 0. The van der Waals surface area contributed by atoms with Gasteiger partial charge in [0.15, 0.2) is 0 Å². The van der Waals surface area contributed by atoms with E-state index in [2.05, 4.69) is 21.4 Å². The zero-order valence-electron chi connectivity index (χ0n) is 16.6. The van der Waals surface area contributed by atoms with Gasteiger partial charge in [-0.05, 0) is 43.4 Å². The third-order valence-corrected chi connectivity index (χ3v) is 6.08. The second kappa shape index (κ2) is 8.18. The van der Waals surface area contributed by atoms with Gasteiger partial charge in [-0.2, -0.15) is 5.26 Å². The lowest BCUT2D eigenvalue weighted by Crippen LogP contribution is -2.40. The number of ether oxygens (including phenoxy) is 1. The molecule has 2 aromatic rings. The largest absolute Gasteiger partial charge is 0.381 e. The van der Waals surface area contributed by atoms with Crippen molar-refractivity contribution in [1.82, 2.24) is 14.9 Å². The van der Waals surface area contributed by atoms with E-state index in [9.17, 15) is 4.79 Å². The molecular formula is C22H25N5O2. The number of nitrogens with one attached hydrogen (secondary N) is 1. The molecule has 1 atom stereocenters. The van der Waals surface area contributed by atoms with Crippen LogP contribution in [0.25, 0.3) is 0 Å². The molecule has 4 rings (SSSR count). The summed E-state index contributed by atoms with van der Waals surface area (Å²) in [5, 5.41) is 12.5. The molecule has 1 aromatic heterocycles. The molecule has 1 unspecified atom stereocenters. The van der Waals surface area contributed by atoms with Gasteiger partial charge in [-0.15, -0.1) is 0 Å². The van der Waals surface area contributed by atoms with Crippen molar-refractivity contribution in [3.05, 3.63) is 53.3 Å². The summed E-state index contributed by atoms with van der Waals surface area (Å²) in [4.78, 5) is 23.7. The fourth-order valence-electron chi connectivity index (χ4n) is 4.50. The molecule has 0 bridgehead atoms. The van der Waals surface area contributed by atoms with Gasteiger partial charge in [0.2, 0.25) is 5.95 Å². The summed E-state index contributed by atoms with van der Waals surface area (Å²) < 4.78 is 5.61. The van der Waals surface area contributed by atoms with Gasteiger partial charge in [-0.1, -0.05) is 18.2 Å². The summed E-state index contributed by atoms with van der Waals surface area (Å²) in [5.41, 5.74) is 1.88. The fourth-order valence-corrected chi connectivity index (χ4v) is 4.50. The highest BCUT2D eigenvalue weighted by Crippen LogP contribution is 2.44. The van der Waals surface area contributed by atoms with Gasteiger partial charge < -0.3 is 15.0 Å². The average molecular weight is 391 g/mol. The molecule has 0 aliphatic carbocycles. The van der Waals surface area contributed by atoms with E-state index < -0.39 is 0 Å². The maximum Gasteiger partial charge on any atom is 0.253 e. The number of aryl methyl sites for hydroxylation is 1. The quantitative estimate of drug-likeness (QED) is 0.862. The van der Waals surface area contributed by atoms with Crippen molar-refractivity contribution in [2.45, 2.75) is 19.8 Å². The summed E-state index contributed by atoms with van der Waals surface area (Å²) in [6.07, 6.45) is 1.88.